The summed E-state index contributed by atoms with van der Waals surface area (Å²) in [7, 11) is 0. The summed E-state index contributed by atoms with van der Waals surface area (Å²) in [6, 6.07) is 9.14. The molecule has 3 fully saturated rings. The highest BCUT2D eigenvalue weighted by Gasteiger charge is 2.65. The molecule has 1 heterocycles. The van der Waals surface area contributed by atoms with E-state index in [4.69, 9.17) is 4.74 Å². The number of aliphatic hydroxyl groups excluding tert-OH is 1. The van der Waals surface area contributed by atoms with Gasteiger partial charge in [0.25, 0.3) is 0 Å². The fourth-order valence-corrected chi connectivity index (χ4v) is 9.04. The lowest BCUT2D eigenvalue weighted by Gasteiger charge is -2.54. The van der Waals surface area contributed by atoms with Crippen LogP contribution in [0.3, 0.4) is 0 Å². The van der Waals surface area contributed by atoms with Gasteiger partial charge >= 0.3 is 0 Å². The fraction of sp³-hybridized carbons (Fsp3) is 0.588. The number of hydrogen-bond acceptors (Lipinski definition) is 6. The number of nitrogens with zero attached hydrogens (tertiary/aromatic N) is 2. The van der Waals surface area contributed by atoms with Gasteiger partial charge in [-0.25, -0.2) is 0 Å². The zero-order chi connectivity index (χ0) is 27.9. The second-order valence-electron chi connectivity index (χ2n) is 12.5. The summed E-state index contributed by atoms with van der Waals surface area (Å²) >= 11 is 0. The van der Waals surface area contributed by atoms with E-state index in [1.807, 2.05) is 6.92 Å². The average Bonchev–Trinajstić information content (AvgIpc) is 3.31. The Kier molecular flexibility index (Phi) is 7.39. The smallest absolute Gasteiger partial charge is 0.151 e. The highest BCUT2D eigenvalue weighted by molar-refractivity contribution is 5.97. The molecule has 6 nitrogen and oxygen atoms in total. The molecule has 2 N–H and O–H groups in total. The minimum atomic E-state index is -0.712. The van der Waals surface area contributed by atoms with Crippen molar-refractivity contribution in [2.45, 2.75) is 71.1 Å². The molecule has 5 atom stereocenters. The number of Topliss-reactive ketones (excluding diaryl/α,β-unsaturated/α-hetero) is 1. The van der Waals surface area contributed by atoms with Crippen molar-refractivity contribution in [3.63, 3.8) is 0 Å². The standard InChI is InChI=1S/C34H42N2O4/c1-3-31(38)34(14-4-18-37)15-13-30-28-11-7-24-21-25(35-39)8-12-27(24)32(28)29(22-33(30,34)2)23-5-9-26(10-6-23)36-16-19-40-20-17-36/h5-6,9-10,21,28-30,37,39H,3,7-8,11-13,15-20,22H2,1-2H3/b35-25+/t28-,29+,30-,33-,34+/m0/s1. The number of morpholine rings is 1. The van der Waals surface area contributed by atoms with E-state index >= 15 is 0 Å². The minimum Gasteiger partial charge on any atom is -0.411 e. The van der Waals surface area contributed by atoms with Crippen LogP contribution in [0, 0.1) is 34.5 Å². The number of aliphatic hydroxyl groups is 1. The zero-order valence-corrected chi connectivity index (χ0v) is 23.9. The van der Waals surface area contributed by atoms with E-state index in [9.17, 15) is 15.1 Å². The van der Waals surface area contributed by atoms with Crippen LogP contribution in [0.5, 0.6) is 0 Å². The molecular weight excluding hydrogens is 500 g/mol. The first-order valence-corrected chi connectivity index (χ1v) is 15.2. The third kappa shape index (κ3) is 4.25. The summed E-state index contributed by atoms with van der Waals surface area (Å²) in [5.74, 6) is 7.55. The second kappa shape index (κ2) is 10.8. The summed E-state index contributed by atoms with van der Waals surface area (Å²) in [5.41, 5.74) is 6.70. The van der Waals surface area contributed by atoms with Crippen molar-refractivity contribution in [1.82, 2.24) is 0 Å². The highest BCUT2D eigenvalue weighted by atomic mass is 16.5. The van der Waals surface area contributed by atoms with Gasteiger partial charge in [0, 0.05) is 31.1 Å². The fourth-order valence-electron chi connectivity index (χ4n) is 9.04. The first-order valence-electron chi connectivity index (χ1n) is 15.2. The average molecular weight is 543 g/mol. The molecule has 40 heavy (non-hydrogen) atoms. The number of oxime groups is 1. The van der Waals surface area contributed by atoms with Gasteiger partial charge in [0.05, 0.1) is 24.3 Å². The van der Waals surface area contributed by atoms with Crippen molar-refractivity contribution >= 4 is 17.2 Å². The van der Waals surface area contributed by atoms with Gasteiger partial charge in [-0.3, -0.25) is 4.79 Å². The number of allylic oxidation sites excluding steroid dienone is 4. The number of rotatable bonds is 4. The largest absolute Gasteiger partial charge is 0.411 e. The maximum absolute atomic E-state index is 13.8. The summed E-state index contributed by atoms with van der Waals surface area (Å²) in [6.07, 6.45) is 8.93. The number of hydrogen-bond donors (Lipinski definition) is 2. The van der Waals surface area contributed by atoms with Gasteiger partial charge < -0.3 is 20.0 Å². The third-order valence-corrected chi connectivity index (χ3v) is 10.9. The molecule has 1 aromatic carbocycles. The lowest BCUT2D eigenvalue weighted by atomic mass is 9.48. The summed E-state index contributed by atoms with van der Waals surface area (Å²) in [6.45, 7) is 7.43. The van der Waals surface area contributed by atoms with Crippen LogP contribution in [-0.4, -0.2) is 54.7 Å². The lowest BCUT2D eigenvalue weighted by Crippen LogP contribution is -2.50. The van der Waals surface area contributed by atoms with Gasteiger partial charge in [-0.2, -0.15) is 0 Å². The Morgan fingerprint density at radius 3 is 2.62 bits per heavy atom. The molecule has 212 valence electrons. The van der Waals surface area contributed by atoms with Gasteiger partial charge in [-0.05, 0) is 97.1 Å². The first-order chi connectivity index (χ1) is 19.5. The molecule has 0 spiro atoms. The maximum atomic E-state index is 13.8. The van der Waals surface area contributed by atoms with Gasteiger partial charge in [-0.15, -0.1) is 0 Å². The second-order valence-corrected chi connectivity index (χ2v) is 12.5. The molecule has 4 aliphatic carbocycles. The van der Waals surface area contributed by atoms with Crippen molar-refractivity contribution in [3.05, 3.63) is 52.6 Å². The molecule has 0 radical (unpaired) electrons. The van der Waals surface area contributed by atoms with Crippen molar-refractivity contribution in [2.75, 3.05) is 37.8 Å². The zero-order valence-electron chi connectivity index (χ0n) is 23.9. The molecule has 0 bridgehead atoms. The molecule has 1 aromatic rings. The maximum Gasteiger partial charge on any atom is 0.151 e. The van der Waals surface area contributed by atoms with E-state index in [1.165, 1.54) is 22.4 Å². The van der Waals surface area contributed by atoms with Gasteiger partial charge in [0.15, 0.2) is 5.78 Å². The van der Waals surface area contributed by atoms with E-state index in [0.29, 0.717) is 18.3 Å². The molecule has 2 saturated carbocycles. The number of ether oxygens (including phenoxy) is 1. The molecule has 1 aliphatic heterocycles. The van der Waals surface area contributed by atoms with E-state index in [2.05, 4.69) is 59.2 Å². The predicted molar refractivity (Wildman–Crippen MR) is 157 cm³/mol. The molecule has 0 unspecified atom stereocenters. The van der Waals surface area contributed by atoms with Crippen LogP contribution in [0.25, 0.3) is 0 Å². The van der Waals surface area contributed by atoms with E-state index < -0.39 is 5.41 Å². The van der Waals surface area contributed by atoms with Gasteiger partial charge in [0.1, 0.15) is 6.61 Å². The summed E-state index contributed by atoms with van der Waals surface area (Å²) < 4.78 is 5.56. The number of fused-ring (bicyclic) bond motifs is 4. The quantitative estimate of drug-likeness (QED) is 0.292. The Bertz CT molecular complexity index is 1310. The molecule has 0 amide bonds. The van der Waals surface area contributed by atoms with E-state index in [0.717, 1.165) is 77.0 Å². The number of anilines is 1. The Morgan fingerprint density at radius 2 is 1.93 bits per heavy atom. The number of carbonyl (C=O) groups excluding carboxylic acids is 1. The van der Waals surface area contributed by atoms with Crippen LogP contribution in [0.1, 0.15) is 76.7 Å². The number of benzene rings is 1. The normalized spacial score (nSPS) is 34.4. The van der Waals surface area contributed by atoms with Crippen molar-refractivity contribution < 1.29 is 19.8 Å². The molecule has 5 aliphatic rings. The Labute approximate surface area is 238 Å². The molecule has 1 saturated heterocycles. The summed E-state index contributed by atoms with van der Waals surface area (Å²) in [4.78, 5) is 16.2. The predicted octanol–water partition coefficient (Wildman–Crippen LogP) is 5.65. The Hall–Kier alpha value is -2.88. The monoisotopic (exact) mass is 542 g/mol. The van der Waals surface area contributed by atoms with Gasteiger partial charge in [-0.1, -0.05) is 48.5 Å². The van der Waals surface area contributed by atoms with Crippen molar-refractivity contribution in [3.8, 4) is 11.8 Å². The van der Waals surface area contributed by atoms with Crippen LogP contribution in [0.15, 0.2) is 52.2 Å². The Balaban J connectivity index is 1.47. The summed E-state index contributed by atoms with van der Waals surface area (Å²) in [5, 5.41) is 22.7. The van der Waals surface area contributed by atoms with Crippen LogP contribution < -0.4 is 4.90 Å². The minimum absolute atomic E-state index is 0.203. The SMILES string of the molecule is CCC(=O)[C@@]1(C#CCO)CC[C@H]2[C@@H]3CCC4=C/C(=N/O)CCC4=C3[C@@H](c3ccc(N4CCOCC4)cc3)C[C@@]21C. The molecule has 6 rings (SSSR count). The van der Waals surface area contributed by atoms with Crippen LogP contribution in [0.4, 0.5) is 5.69 Å². The lowest BCUT2D eigenvalue weighted by molar-refractivity contribution is -0.132. The van der Waals surface area contributed by atoms with Gasteiger partial charge in [0.2, 0.25) is 0 Å². The molecule has 0 aromatic heterocycles. The number of ketones is 1. The first kappa shape index (κ1) is 27.3. The van der Waals surface area contributed by atoms with Crippen LogP contribution in [-0.2, 0) is 9.53 Å². The van der Waals surface area contributed by atoms with Crippen molar-refractivity contribution in [2.24, 2.45) is 27.8 Å². The van der Waals surface area contributed by atoms with Crippen LogP contribution in [0.2, 0.25) is 0 Å². The van der Waals surface area contributed by atoms with E-state index in [-0.39, 0.29) is 23.7 Å². The van der Waals surface area contributed by atoms with Crippen molar-refractivity contribution in [1.29, 1.82) is 0 Å². The topological polar surface area (TPSA) is 82.4 Å². The molecule has 6 heteroatoms. The third-order valence-electron chi connectivity index (χ3n) is 10.9. The molecular formula is C34H42N2O4. The highest BCUT2D eigenvalue weighted by Crippen LogP contribution is 2.69. The number of carbonyl (C=O) groups is 1. The van der Waals surface area contributed by atoms with Crippen LogP contribution >= 0.6 is 0 Å². The Morgan fingerprint density at radius 1 is 1.15 bits per heavy atom. The van der Waals surface area contributed by atoms with E-state index in [1.54, 1.807) is 5.57 Å².